The van der Waals surface area contributed by atoms with Gasteiger partial charge >= 0.3 is 0 Å². The molecular weight excluding hydrogens is 286 g/mol. The van der Waals surface area contributed by atoms with Crippen molar-refractivity contribution in [2.45, 2.75) is 31.1 Å². The average molecular weight is 305 g/mol. The first-order valence-electron chi connectivity index (χ1n) is 6.84. The molecule has 21 heavy (non-hydrogen) atoms. The number of rotatable bonds is 5. The minimum atomic E-state index is -3.36. The second-order valence-corrected chi connectivity index (χ2v) is 6.67. The molecule has 1 unspecified atom stereocenters. The molecule has 112 valence electrons. The third kappa shape index (κ3) is 3.62. The summed E-state index contributed by atoms with van der Waals surface area (Å²) in [7, 11) is -3.36. The maximum atomic E-state index is 11.9. The summed E-state index contributed by atoms with van der Waals surface area (Å²) in [6.07, 6.45) is 2.20. The van der Waals surface area contributed by atoms with Crippen LogP contribution in [0.1, 0.15) is 26.2 Å². The topological polar surface area (TPSA) is 66.4 Å². The third-order valence-corrected chi connectivity index (χ3v) is 4.27. The summed E-state index contributed by atoms with van der Waals surface area (Å²) in [5.74, 6) is 3.24. The fourth-order valence-electron chi connectivity index (χ4n) is 2.23. The number of nitrogens with one attached hydrogen (secondary N) is 1. The first-order valence-corrected chi connectivity index (χ1v) is 8.53. The molecule has 0 saturated heterocycles. The van der Waals surface area contributed by atoms with E-state index in [2.05, 4.69) is 11.2 Å². The van der Waals surface area contributed by atoms with Crippen molar-refractivity contribution in [3.05, 3.63) is 36.4 Å². The molecule has 0 aromatic heterocycles. The molecule has 0 bridgehead atoms. The Morgan fingerprint density at radius 3 is 2.57 bits per heavy atom. The van der Waals surface area contributed by atoms with Gasteiger partial charge in [-0.25, -0.2) is 4.21 Å². The van der Waals surface area contributed by atoms with Crippen molar-refractivity contribution in [2.75, 3.05) is 5.32 Å². The lowest BCUT2D eigenvalue weighted by atomic mass is 10.1. The van der Waals surface area contributed by atoms with Crippen LogP contribution < -0.4 is 5.32 Å². The molecule has 0 aliphatic rings. The van der Waals surface area contributed by atoms with Gasteiger partial charge in [0.2, 0.25) is 5.91 Å². The first kappa shape index (κ1) is 15.5. The largest absolute Gasteiger partial charge is 0.325 e. The SMILES string of the molecule is C=S(=O)(O)c1cccc2cccc(NC(=O)CCCC)c12. The Labute approximate surface area is 125 Å². The molecule has 4 nitrogen and oxygen atoms in total. The number of hydrogen-bond acceptors (Lipinski definition) is 2. The van der Waals surface area contributed by atoms with Crippen molar-refractivity contribution >= 4 is 38.0 Å². The van der Waals surface area contributed by atoms with Crippen LogP contribution in [0.15, 0.2) is 41.3 Å². The van der Waals surface area contributed by atoms with Gasteiger partial charge in [0, 0.05) is 17.5 Å². The fraction of sp³-hybridized carbons (Fsp3) is 0.250. The molecule has 2 rings (SSSR count). The lowest BCUT2D eigenvalue weighted by molar-refractivity contribution is -0.116. The number of fused-ring (bicyclic) bond motifs is 1. The number of amides is 1. The predicted octanol–water partition coefficient (Wildman–Crippen LogP) is 3.52. The van der Waals surface area contributed by atoms with Crippen LogP contribution in [0.2, 0.25) is 0 Å². The Bertz CT molecular complexity index is 761. The quantitative estimate of drug-likeness (QED) is 0.831. The van der Waals surface area contributed by atoms with Gasteiger partial charge in [0.1, 0.15) is 9.80 Å². The summed E-state index contributed by atoms with van der Waals surface area (Å²) < 4.78 is 21.7. The molecule has 2 aromatic rings. The lowest BCUT2D eigenvalue weighted by Crippen LogP contribution is -2.12. The molecule has 1 amide bonds. The summed E-state index contributed by atoms with van der Waals surface area (Å²) in [5, 5.41) is 4.20. The van der Waals surface area contributed by atoms with E-state index < -0.39 is 9.80 Å². The predicted molar refractivity (Wildman–Crippen MR) is 88.3 cm³/mol. The van der Waals surface area contributed by atoms with E-state index in [1.54, 1.807) is 18.2 Å². The van der Waals surface area contributed by atoms with E-state index in [0.717, 1.165) is 18.2 Å². The van der Waals surface area contributed by atoms with Crippen molar-refractivity contribution < 1.29 is 13.6 Å². The normalized spacial score (nSPS) is 13.8. The zero-order valence-corrected chi connectivity index (χ0v) is 12.8. The van der Waals surface area contributed by atoms with Gasteiger partial charge in [0.15, 0.2) is 0 Å². The van der Waals surface area contributed by atoms with E-state index in [1.807, 2.05) is 25.1 Å². The van der Waals surface area contributed by atoms with Crippen LogP contribution >= 0.6 is 0 Å². The van der Waals surface area contributed by atoms with Crippen LogP contribution in [0.4, 0.5) is 5.69 Å². The Morgan fingerprint density at radius 2 is 1.95 bits per heavy atom. The molecule has 0 saturated carbocycles. The molecule has 0 fully saturated rings. The second kappa shape index (κ2) is 6.28. The summed E-state index contributed by atoms with van der Waals surface area (Å²) in [5.41, 5.74) is 0.551. The Hall–Kier alpha value is -1.85. The average Bonchev–Trinajstić information content (AvgIpc) is 2.44. The van der Waals surface area contributed by atoms with Crippen molar-refractivity contribution in [3.8, 4) is 0 Å². The van der Waals surface area contributed by atoms with Crippen LogP contribution in [0.3, 0.4) is 0 Å². The van der Waals surface area contributed by atoms with E-state index in [4.69, 9.17) is 0 Å². The van der Waals surface area contributed by atoms with E-state index in [9.17, 15) is 13.6 Å². The van der Waals surface area contributed by atoms with E-state index in [0.29, 0.717) is 17.5 Å². The highest BCUT2D eigenvalue weighted by molar-refractivity contribution is 7.95. The van der Waals surface area contributed by atoms with E-state index in [1.165, 1.54) is 0 Å². The highest BCUT2D eigenvalue weighted by Gasteiger charge is 2.13. The monoisotopic (exact) mass is 305 g/mol. The number of benzene rings is 2. The van der Waals surface area contributed by atoms with Gasteiger partial charge < -0.3 is 9.87 Å². The standard InChI is InChI=1S/C16H19NO3S/c1-3-4-11-15(18)17-13-9-5-7-12-8-6-10-14(16(12)13)21(2,19)20/h5-10H,2-4,11H2,1H3,(H,17,18)(H,19,20). The number of anilines is 1. The zero-order chi connectivity index (χ0) is 15.5. The number of carbonyl (C=O) groups excluding carboxylic acids is 1. The van der Waals surface area contributed by atoms with Gasteiger partial charge in [-0.2, -0.15) is 0 Å². The Kier molecular flexibility index (Phi) is 4.65. The van der Waals surface area contributed by atoms with Crippen molar-refractivity contribution in [3.63, 3.8) is 0 Å². The summed E-state index contributed by atoms with van der Waals surface area (Å²) in [6.45, 7) is 2.02. The van der Waals surface area contributed by atoms with Crippen LogP contribution in [-0.4, -0.2) is 20.5 Å². The molecule has 2 aromatic carbocycles. The third-order valence-electron chi connectivity index (χ3n) is 3.24. The highest BCUT2D eigenvalue weighted by atomic mass is 32.2. The van der Waals surface area contributed by atoms with Crippen molar-refractivity contribution in [1.82, 2.24) is 0 Å². The van der Waals surface area contributed by atoms with Crippen molar-refractivity contribution in [1.29, 1.82) is 0 Å². The second-order valence-electron chi connectivity index (χ2n) is 4.95. The molecule has 5 heteroatoms. The molecule has 0 aliphatic carbocycles. The van der Waals surface area contributed by atoms with Crippen molar-refractivity contribution in [2.24, 2.45) is 0 Å². The van der Waals surface area contributed by atoms with Gasteiger partial charge in [-0.15, -0.1) is 0 Å². The summed E-state index contributed by atoms with van der Waals surface area (Å²) in [6, 6.07) is 10.5. The number of carbonyl (C=O) groups is 1. The van der Waals surface area contributed by atoms with E-state index in [-0.39, 0.29) is 10.8 Å². The van der Waals surface area contributed by atoms with Gasteiger partial charge in [0.25, 0.3) is 0 Å². The molecule has 2 N–H and O–H groups in total. The highest BCUT2D eigenvalue weighted by Crippen LogP contribution is 2.30. The fourth-order valence-corrected chi connectivity index (χ4v) is 3.06. The van der Waals surface area contributed by atoms with E-state index >= 15 is 0 Å². The van der Waals surface area contributed by atoms with Gasteiger partial charge in [-0.05, 0) is 29.8 Å². The molecule has 0 aliphatic heterocycles. The Balaban J connectivity index is 2.52. The zero-order valence-electron chi connectivity index (χ0n) is 12.0. The minimum Gasteiger partial charge on any atom is -0.325 e. The van der Waals surface area contributed by atoms with Crippen LogP contribution in [0, 0.1) is 0 Å². The smallest absolute Gasteiger partial charge is 0.224 e. The molecule has 1 atom stereocenters. The molecule has 0 heterocycles. The summed E-state index contributed by atoms with van der Waals surface area (Å²) >= 11 is 0. The van der Waals surface area contributed by atoms with Gasteiger partial charge in [-0.3, -0.25) is 4.79 Å². The molecule has 0 spiro atoms. The number of hydrogen-bond donors (Lipinski definition) is 2. The van der Waals surface area contributed by atoms with Gasteiger partial charge in [0.05, 0.1) is 4.90 Å². The van der Waals surface area contributed by atoms with Crippen LogP contribution in [0.5, 0.6) is 0 Å². The van der Waals surface area contributed by atoms with Gasteiger partial charge in [-0.1, -0.05) is 37.6 Å². The molecule has 0 radical (unpaired) electrons. The summed E-state index contributed by atoms with van der Waals surface area (Å²) in [4.78, 5) is 12.2. The maximum Gasteiger partial charge on any atom is 0.224 e. The lowest BCUT2D eigenvalue weighted by Gasteiger charge is -2.13. The maximum absolute atomic E-state index is 11.9. The van der Waals surface area contributed by atoms with Crippen LogP contribution in [0.25, 0.3) is 10.8 Å². The Morgan fingerprint density at radius 1 is 1.29 bits per heavy atom. The first-order chi connectivity index (χ1) is 9.93. The molecular formula is C16H19NO3S. The number of unbranched alkanes of at least 4 members (excludes halogenated alkanes) is 1. The minimum absolute atomic E-state index is 0.0901. The van der Waals surface area contributed by atoms with Crippen LogP contribution in [-0.2, 0) is 14.6 Å².